The monoisotopic (exact) mass is 262 g/mol. The lowest BCUT2D eigenvalue weighted by Gasteiger charge is -2.10. The van der Waals surface area contributed by atoms with Crippen LogP contribution in [0.15, 0.2) is 48.7 Å². The molecule has 0 N–H and O–H groups in total. The molecular formula is C18H18N2. The molecule has 0 radical (unpaired) electrons. The zero-order chi connectivity index (χ0) is 14.1. The van der Waals surface area contributed by atoms with Gasteiger partial charge in [0.15, 0.2) is 0 Å². The molecule has 2 aromatic carbocycles. The van der Waals surface area contributed by atoms with E-state index in [0.717, 1.165) is 22.3 Å². The zero-order valence-corrected chi connectivity index (χ0v) is 12.1. The summed E-state index contributed by atoms with van der Waals surface area (Å²) in [6.45, 7) is 6.55. The van der Waals surface area contributed by atoms with Gasteiger partial charge in [-0.2, -0.15) is 0 Å². The summed E-state index contributed by atoms with van der Waals surface area (Å²) < 4.78 is 0. The van der Waals surface area contributed by atoms with Crippen LogP contribution in [0.4, 0.5) is 0 Å². The number of hydrogen-bond donors (Lipinski definition) is 0. The molecule has 0 fully saturated rings. The highest BCUT2D eigenvalue weighted by Crippen LogP contribution is 2.25. The molecular weight excluding hydrogens is 244 g/mol. The Morgan fingerprint density at radius 3 is 2.45 bits per heavy atom. The van der Waals surface area contributed by atoms with Crippen molar-refractivity contribution in [1.82, 2.24) is 9.97 Å². The normalized spacial score (nSPS) is 11.2. The van der Waals surface area contributed by atoms with Gasteiger partial charge in [0, 0.05) is 5.56 Å². The number of fused-ring (bicyclic) bond motifs is 1. The van der Waals surface area contributed by atoms with Crippen molar-refractivity contribution >= 4 is 11.0 Å². The molecule has 3 rings (SSSR count). The molecule has 0 bridgehead atoms. The topological polar surface area (TPSA) is 25.8 Å². The molecule has 2 nitrogen and oxygen atoms in total. The summed E-state index contributed by atoms with van der Waals surface area (Å²) in [6.07, 6.45) is 1.86. The molecule has 0 unspecified atom stereocenters. The molecule has 3 aromatic rings. The van der Waals surface area contributed by atoms with Crippen molar-refractivity contribution in [2.24, 2.45) is 0 Å². The third-order valence-electron chi connectivity index (χ3n) is 3.51. The Morgan fingerprint density at radius 1 is 0.950 bits per heavy atom. The van der Waals surface area contributed by atoms with Gasteiger partial charge in [-0.15, -0.1) is 0 Å². The van der Waals surface area contributed by atoms with E-state index in [-0.39, 0.29) is 0 Å². The Kier molecular flexibility index (Phi) is 3.23. The summed E-state index contributed by atoms with van der Waals surface area (Å²) in [5.41, 5.74) is 6.57. The minimum absolute atomic E-state index is 0.516. The second-order valence-electron chi connectivity index (χ2n) is 5.53. The number of aryl methyl sites for hydroxylation is 1. The second-order valence-corrected chi connectivity index (χ2v) is 5.53. The molecule has 100 valence electrons. The molecule has 1 heterocycles. The number of nitrogens with zero attached hydrogens (tertiary/aromatic N) is 2. The van der Waals surface area contributed by atoms with Gasteiger partial charge in [-0.1, -0.05) is 37.6 Å². The van der Waals surface area contributed by atoms with Crippen molar-refractivity contribution in [2.75, 3.05) is 0 Å². The van der Waals surface area contributed by atoms with Crippen LogP contribution in [-0.2, 0) is 0 Å². The number of rotatable bonds is 2. The lowest BCUT2D eigenvalue weighted by molar-refractivity contribution is 0.865. The maximum absolute atomic E-state index is 4.72. The molecule has 0 atom stereocenters. The summed E-state index contributed by atoms with van der Waals surface area (Å²) in [7, 11) is 0. The van der Waals surface area contributed by atoms with Gasteiger partial charge in [-0.3, -0.25) is 4.98 Å². The van der Waals surface area contributed by atoms with Gasteiger partial charge in [0.2, 0.25) is 0 Å². The van der Waals surface area contributed by atoms with E-state index in [9.17, 15) is 0 Å². The van der Waals surface area contributed by atoms with Crippen molar-refractivity contribution in [3.05, 3.63) is 59.8 Å². The van der Waals surface area contributed by atoms with Gasteiger partial charge < -0.3 is 0 Å². The smallest absolute Gasteiger partial charge is 0.0894 e. The van der Waals surface area contributed by atoms with E-state index in [4.69, 9.17) is 4.98 Å². The summed E-state index contributed by atoms with van der Waals surface area (Å²) in [4.78, 5) is 9.22. The van der Waals surface area contributed by atoms with Crippen molar-refractivity contribution in [3.63, 3.8) is 0 Å². The Labute approximate surface area is 119 Å². The van der Waals surface area contributed by atoms with E-state index >= 15 is 0 Å². The predicted octanol–water partition coefficient (Wildman–Crippen LogP) is 4.73. The van der Waals surface area contributed by atoms with Crippen molar-refractivity contribution < 1.29 is 0 Å². The van der Waals surface area contributed by atoms with E-state index in [1.54, 1.807) is 0 Å². The zero-order valence-electron chi connectivity index (χ0n) is 12.1. The highest BCUT2D eigenvalue weighted by Gasteiger charge is 2.07. The van der Waals surface area contributed by atoms with Crippen LogP contribution in [0.2, 0.25) is 0 Å². The summed E-state index contributed by atoms with van der Waals surface area (Å²) in [6, 6.07) is 14.6. The van der Waals surface area contributed by atoms with Crippen molar-refractivity contribution in [1.29, 1.82) is 0 Å². The molecule has 0 aliphatic rings. The van der Waals surface area contributed by atoms with Gasteiger partial charge in [0.05, 0.1) is 22.9 Å². The molecule has 0 amide bonds. The SMILES string of the molecule is Cc1cc(-c2cnc3ccccc3n2)cc(C(C)C)c1. The first-order chi connectivity index (χ1) is 9.63. The van der Waals surface area contributed by atoms with Crippen LogP contribution >= 0.6 is 0 Å². The van der Waals surface area contributed by atoms with E-state index in [2.05, 4.69) is 44.0 Å². The number of benzene rings is 2. The minimum atomic E-state index is 0.516. The Hall–Kier alpha value is -2.22. The van der Waals surface area contributed by atoms with E-state index in [0.29, 0.717) is 5.92 Å². The third-order valence-corrected chi connectivity index (χ3v) is 3.51. The predicted molar refractivity (Wildman–Crippen MR) is 83.8 cm³/mol. The largest absolute Gasteiger partial charge is 0.252 e. The first-order valence-electron chi connectivity index (χ1n) is 6.97. The van der Waals surface area contributed by atoms with E-state index in [1.807, 2.05) is 30.5 Å². The second kappa shape index (κ2) is 5.04. The first kappa shape index (κ1) is 12.8. The van der Waals surface area contributed by atoms with Crippen LogP contribution in [0.1, 0.15) is 30.9 Å². The number of para-hydroxylation sites is 2. The number of aromatic nitrogens is 2. The molecule has 0 spiro atoms. The summed E-state index contributed by atoms with van der Waals surface area (Å²) >= 11 is 0. The first-order valence-corrected chi connectivity index (χ1v) is 6.97. The lowest BCUT2D eigenvalue weighted by atomic mass is 9.97. The molecule has 20 heavy (non-hydrogen) atoms. The highest BCUT2D eigenvalue weighted by molar-refractivity contribution is 5.77. The molecule has 0 aliphatic heterocycles. The molecule has 0 saturated carbocycles. The van der Waals surface area contributed by atoms with Crippen LogP contribution in [0.3, 0.4) is 0 Å². The molecule has 0 aliphatic carbocycles. The molecule has 2 heteroatoms. The maximum atomic E-state index is 4.72. The van der Waals surface area contributed by atoms with Gasteiger partial charge in [-0.05, 0) is 42.7 Å². The minimum Gasteiger partial charge on any atom is -0.252 e. The lowest BCUT2D eigenvalue weighted by Crippen LogP contribution is -1.93. The average Bonchev–Trinajstić information content (AvgIpc) is 2.46. The van der Waals surface area contributed by atoms with Gasteiger partial charge >= 0.3 is 0 Å². The van der Waals surface area contributed by atoms with Crippen LogP contribution in [0.5, 0.6) is 0 Å². The fourth-order valence-electron chi connectivity index (χ4n) is 2.39. The third kappa shape index (κ3) is 2.42. The van der Waals surface area contributed by atoms with Crippen LogP contribution < -0.4 is 0 Å². The standard InChI is InChI=1S/C18H18N2/c1-12(2)14-8-13(3)9-15(10-14)18-11-19-16-6-4-5-7-17(16)20-18/h4-12H,1-3H3. The van der Waals surface area contributed by atoms with Gasteiger partial charge in [0.1, 0.15) is 0 Å². The highest BCUT2D eigenvalue weighted by atomic mass is 14.8. The fourth-order valence-corrected chi connectivity index (χ4v) is 2.39. The fraction of sp³-hybridized carbons (Fsp3) is 0.222. The van der Waals surface area contributed by atoms with Gasteiger partial charge in [-0.25, -0.2) is 4.98 Å². The Balaban J connectivity index is 2.15. The summed E-state index contributed by atoms with van der Waals surface area (Å²) in [5, 5.41) is 0. The average molecular weight is 262 g/mol. The maximum Gasteiger partial charge on any atom is 0.0894 e. The molecule has 1 aromatic heterocycles. The van der Waals surface area contributed by atoms with Crippen LogP contribution in [0.25, 0.3) is 22.3 Å². The van der Waals surface area contributed by atoms with E-state index < -0.39 is 0 Å². The summed E-state index contributed by atoms with van der Waals surface area (Å²) in [5.74, 6) is 0.516. The quantitative estimate of drug-likeness (QED) is 0.667. The molecule has 0 saturated heterocycles. The van der Waals surface area contributed by atoms with Crippen molar-refractivity contribution in [2.45, 2.75) is 26.7 Å². The number of hydrogen-bond acceptors (Lipinski definition) is 2. The Bertz CT molecular complexity index is 760. The van der Waals surface area contributed by atoms with Gasteiger partial charge in [0.25, 0.3) is 0 Å². The van der Waals surface area contributed by atoms with Crippen molar-refractivity contribution in [3.8, 4) is 11.3 Å². The van der Waals surface area contributed by atoms with Crippen LogP contribution in [0, 0.1) is 6.92 Å². The Morgan fingerprint density at radius 2 is 1.70 bits per heavy atom. The van der Waals surface area contributed by atoms with Crippen LogP contribution in [-0.4, -0.2) is 9.97 Å². The van der Waals surface area contributed by atoms with E-state index in [1.165, 1.54) is 11.1 Å².